The van der Waals surface area contributed by atoms with Crippen molar-refractivity contribution in [1.82, 2.24) is 15.1 Å². The van der Waals surface area contributed by atoms with Gasteiger partial charge in [-0.2, -0.15) is 5.26 Å². The van der Waals surface area contributed by atoms with Crippen LogP contribution in [0.2, 0.25) is 0 Å². The highest BCUT2D eigenvalue weighted by Gasteiger charge is 2.22. The fraction of sp³-hybridized carbons (Fsp3) is 0.933. The molecule has 0 aromatic carbocycles. The highest BCUT2D eigenvalue weighted by molar-refractivity contribution is 5.02. The lowest BCUT2D eigenvalue weighted by molar-refractivity contribution is 0.142. The number of rotatable bonds is 7. The van der Waals surface area contributed by atoms with E-state index in [-0.39, 0.29) is 5.54 Å². The van der Waals surface area contributed by atoms with Gasteiger partial charge < -0.3 is 15.1 Å². The molecule has 1 fully saturated rings. The Hall–Kier alpha value is -0.630. The monoisotopic (exact) mass is 266 g/mol. The molecule has 1 heterocycles. The zero-order chi connectivity index (χ0) is 14.3. The van der Waals surface area contributed by atoms with Gasteiger partial charge in [-0.25, -0.2) is 0 Å². The van der Waals surface area contributed by atoms with E-state index >= 15 is 0 Å². The largest absolute Gasteiger partial charge is 0.306 e. The van der Waals surface area contributed by atoms with E-state index in [9.17, 15) is 0 Å². The van der Waals surface area contributed by atoms with Gasteiger partial charge in [-0.1, -0.05) is 0 Å². The van der Waals surface area contributed by atoms with Crippen LogP contribution < -0.4 is 5.32 Å². The summed E-state index contributed by atoms with van der Waals surface area (Å²) in [5.41, 5.74) is -0.355. The molecule has 1 aliphatic rings. The van der Waals surface area contributed by atoms with Crippen LogP contribution in [0.5, 0.6) is 0 Å². The number of unbranched alkanes of at least 4 members (excludes halogenated alkanes) is 1. The van der Waals surface area contributed by atoms with Gasteiger partial charge in [-0.3, -0.25) is 0 Å². The standard InChI is InChI=1S/C15H30N4/c1-15(13-16,17-2)9-5-6-10-19(4)14-7-11-18(3)12-8-14/h14,17H,5-12H2,1-4H3. The Kier molecular flexibility index (Phi) is 6.78. The number of nitriles is 1. The van der Waals surface area contributed by atoms with Gasteiger partial charge in [0.1, 0.15) is 5.54 Å². The van der Waals surface area contributed by atoms with Gasteiger partial charge in [0.25, 0.3) is 0 Å². The average Bonchev–Trinajstić information content (AvgIpc) is 2.44. The normalized spacial score (nSPS) is 21.3. The van der Waals surface area contributed by atoms with Gasteiger partial charge in [0.05, 0.1) is 6.07 Å². The van der Waals surface area contributed by atoms with Crippen molar-refractivity contribution in [3.63, 3.8) is 0 Å². The summed E-state index contributed by atoms with van der Waals surface area (Å²) < 4.78 is 0. The van der Waals surface area contributed by atoms with E-state index in [1.165, 1.54) is 32.4 Å². The third kappa shape index (κ3) is 5.48. The molecule has 0 aromatic rings. The molecular formula is C15H30N4. The van der Waals surface area contributed by atoms with Crippen molar-refractivity contribution in [3.05, 3.63) is 0 Å². The third-order valence-electron chi connectivity index (χ3n) is 4.55. The number of likely N-dealkylation sites (tertiary alicyclic amines) is 1. The number of nitrogens with one attached hydrogen (secondary N) is 1. The summed E-state index contributed by atoms with van der Waals surface area (Å²) in [6.07, 6.45) is 5.81. The van der Waals surface area contributed by atoms with Crippen molar-refractivity contribution in [2.45, 2.75) is 50.6 Å². The summed E-state index contributed by atoms with van der Waals surface area (Å²) >= 11 is 0. The molecule has 4 nitrogen and oxygen atoms in total. The summed E-state index contributed by atoms with van der Waals surface area (Å²) in [6.45, 7) is 5.58. The lowest BCUT2D eigenvalue weighted by Gasteiger charge is -2.35. The molecule has 110 valence electrons. The SMILES string of the molecule is CNC(C)(C#N)CCCCN(C)C1CCN(C)CC1. The second-order valence-electron chi connectivity index (χ2n) is 6.17. The number of hydrogen-bond donors (Lipinski definition) is 1. The van der Waals surface area contributed by atoms with Gasteiger partial charge >= 0.3 is 0 Å². The molecule has 0 bridgehead atoms. The zero-order valence-electron chi connectivity index (χ0n) is 13.1. The quantitative estimate of drug-likeness (QED) is 0.712. The topological polar surface area (TPSA) is 42.3 Å². The van der Waals surface area contributed by atoms with Crippen LogP contribution in [0.4, 0.5) is 0 Å². The average molecular weight is 266 g/mol. The molecule has 0 radical (unpaired) electrons. The maximum Gasteiger partial charge on any atom is 0.103 e. The molecule has 1 saturated heterocycles. The first-order valence-electron chi connectivity index (χ1n) is 7.49. The Bertz CT molecular complexity index is 291. The van der Waals surface area contributed by atoms with Crippen LogP contribution in [0.3, 0.4) is 0 Å². The summed E-state index contributed by atoms with van der Waals surface area (Å²) in [6, 6.07) is 3.11. The van der Waals surface area contributed by atoms with Crippen molar-refractivity contribution >= 4 is 0 Å². The first-order valence-corrected chi connectivity index (χ1v) is 7.49. The van der Waals surface area contributed by atoms with Crippen molar-refractivity contribution in [3.8, 4) is 6.07 Å². The van der Waals surface area contributed by atoms with Crippen LogP contribution in [0.15, 0.2) is 0 Å². The molecule has 4 heteroatoms. The van der Waals surface area contributed by atoms with Gasteiger partial charge in [-0.05, 0) is 79.8 Å². The number of piperidine rings is 1. The Balaban J connectivity index is 2.17. The molecule has 19 heavy (non-hydrogen) atoms. The highest BCUT2D eigenvalue weighted by Crippen LogP contribution is 2.16. The minimum atomic E-state index is -0.355. The fourth-order valence-corrected chi connectivity index (χ4v) is 2.69. The van der Waals surface area contributed by atoms with Crippen molar-refractivity contribution in [2.75, 3.05) is 40.8 Å². The van der Waals surface area contributed by atoms with Gasteiger partial charge in [0.2, 0.25) is 0 Å². The summed E-state index contributed by atoms with van der Waals surface area (Å²) in [5.74, 6) is 0. The second-order valence-corrected chi connectivity index (χ2v) is 6.17. The van der Waals surface area contributed by atoms with Crippen molar-refractivity contribution in [1.29, 1.82) is 5.26 Å². The second kappa shape index (κ2) is 7.84. The lowest BCUT2D eigenvalue weighted by atomic mass is 9.96. The number of hydrogen-bond acceptors (Lipinski definition) is 4. The van der Waals surface area contributed by atoms with E-state index in [0.717, 1.165) is 25.4 Å². The molecule has 0 aliphatic carbocycles. The van der Waals surface area contributed by atoms with Crippen LogP contribution >= 0.6 is 0 Å². The van der Waals surface area contributed by atoms with E-state index in [0.29, 0.717) is 0 Å². The minimum Gasteiger partial charge on any atom is -0.306 e. The van der Waals surface area contributed by atoms with Crippen LogP contribution in [0.25, 0.3) is 0 Å². The van der Waals surface area contributed by atoms with E-state index < -0.39 is 0 Å². The zero-order valence-corrected chi connectivity index (χ0v) is 13.1. The molecule has 0 aromatic heterocycles. The van der Waals surface area contributed by atoms with Crippen LogP contribution in [-0.4, -0.2) is 62.2 Å². The fourth-order valence-electron chi connectivity index (χ4n) is 2.69. The van der Waals surface area contributed by atoms with Gasteiger partial charge in [0.15, 0.2) is 0 Å². The van der Waals surface area contributed by atoms with Crippen LogP contribution in [0.1, 0.15) is 39.0 Å². The van der Waals surface area contributed by atoms with E-state index in [4.69, 9.17) is 5.26 Å². The maximum atomic E-state index is 9.09. The first-order chi connectivity index (χ1) is 9.00. The molecule has 1 unspecified atom stereocenters. The molecular weight excluding hydrogens is 236 g/mol. The van der Waals surface area contributed by atoms with Crippen LogP contribution in [0, 0.1) is 11.3 Å². The Labute approximate surface area is 118 Å². The lowest BCUT2D eigenvalue weighted by Crippen LogP contribution is -2.42. The van der Waals surface area contributed by atoms with Crippen molar-refractivity contribution in [2.24, 2.45) is 0 Å². The third-order valence-corrected chi connectivity index (χ3v) is 4.55. The Morgan fingerprint density at radius 2 is 2.00 bits per heavy atom. The molecule has 0 amide bonds. The Morgan fingerprint density at radius 1 is 1.37 bits per heavy atom. The molecule has 1 atom stereocenters. The summed E-state index contributed by atoms with van der Waals surface area (Å²) in [4.78, 5) is 4.92. The van der Waals surface area contributed by atoms with Crippen molar-refractivity contribution < 1.29 is 0 Å². The van der Waals surface area contributed by atoms with E-state index in [2.05, 4.69) is 35.3 Å². The molecule has 0 spiro atoms. The summed E-state index contributed by atoms with van der Waals surface area (Å²) in [5, 5.41) is 12.2. The van der Waals surface area contributed by atoms with Gasteiger partial charge in [0, 0.05) is 6.04 Å². The predicted molar refractivity (Wildman–Crippen MR) is 80.1 cm³/mol. The van der Waals surface area contributed by atoms with E-state index in [1.807, 2.05) is 14.0 Å². The highest BCUT2D eigenvalue weighted by atomic mass is 15.2. The predicted octanol–water partition coefficient (Wildman–Crippen LogP) is 1.68. The Morgan fingerprint density at radius 3 is 2.53 bits per heavy atom. The minimum absolute atomic E-state index is 0.355. The molecule has 1 N–H and O–H groups in total. The number of nitrogens with zero attached hydrogens (tertiary/aromatic N) is 3. The summed E-state index contributed by atoms with van der Waals surface area (Å²) in [7, 11) is 6.32. The first kappa shape index (κ1) is 16.4. The molecule has 1 aliphatic heterocycles. The van der Waals surface area contributed by atoms with E-state index in [1.54, 1.807) is 0 Å². The molecule has 1 rings (SSSR count). The van der Waals surface area contributed by atoms with Crippen LogP contribution in [-0.2, 0) is 0 Å². The maximum absolute atomic E-state index is 9.09. The smallest absolute Gasteiger partial charge is 0.103 e. The van der Waals surface area contributed by atoms with Gasteiger partial charge in [-0.15, -0.1) is 0 Å². The molecule has 0 saturated carbocycles.